The summed E-state index contributed by atoms with van der Waals surface area (Å²) in [4.78, 5) is 24.4. The minimum Gasteiger partial charge on any atom is -0.465 e. The van der Waals surface area contributed by atoms with E-state index in [9.17, 15) is 27.9 Å². The van der Waals surface area contributed by atoms with Crippen LogP contribution in [0.15, 0.2) is 18.2 Å². The van der Waals surface area contributed by atoms with Gasteiger partial charge in [-0.15, -0.1) is 0 Å². The van der Waals surface area contributed by atoms with Crippen molar-refractivity contribution in [3.8, 4) is 0 Å². The summed E-state index contributed by atoms with van der Waals surface area (Å²) in [6, 6.07) is 2.84. The molecule has 2 aliphatic rings. The molecule has 6 nitrogen and oxygen atoms in total. The number of carbonyl (C=O) groups excluding carboxylic acids is 1. The van der Waals surface area contributed by atoms with Crippen LogP contribution in [0.1, 0.15) is 35.7 Å². The molecule has 1 aliphatic heterocycles. The smallest absolute Gasteiger partial charge is 0.418 e. The predicted molar refractivity (Wildman–Crippen MR) is 95.2 cm³/mol. The molecule has 9 heteroatoms. The van der Waals surface area contributed by atoms with Gasteiger partial charge in [0.05, 0.1) is 18.2 Å². The van der Waals surface area contributed by atoms with E-state index >= 15 is 0 Å². The standard InChI is InChI=1S/C19H23F3N2O4/c1-10(16-12-3-4-13(16)9-24(8-12)18(26)27)23-15-7-11(17(25)28-2)5-6-14(15)19(20,21)22/h5-7,10,12-13,16,23H,3-4,8-9H2,1-2H3,(H,26,27)/t10-,12-,13+,16+/m0/s1. The lowest BCUT2D eigenvalue weighted by Crippen LogP contribution is -2.48. The second kappa shape index (κ2) is 7.52. The Bertz CT molecular complexity index is 754. The Labute approximate surface area is 160 Å². The fourth-order valence-corrected chi connectivity index (χ4v) is 4.73. The molecule has 1 aromatic rings. The van der Waals surface area contributed by atoms with Crippen LogP contribution in [0.3, 0.4) is 0 Å². The number of carbonyl (C=O) groups is 2. The highest BCUT2D eigenvalue weighted by molar-refractivity contribution is 5.90. The number of anilines is 1. The van der Waals surface area contributed by atoms with Gasteiger partial charge in [0.1, 0.15) is 0 Å². The van der Waals surface area contributed by atoms with Crippen LogP contribution in [0.2, 0.25) is 0 Å². The van der Waals surface area contributed by atoms with Crippen molar-refractivity contribution in [3.05, 3.63) is 29.3 Å². The number of ether oxygens (including phenoxy) is 1. The van der Waals surface area contributed by atoms with Crippen molar-refractivity contribution in [2.75, 3.05) is 25.5 Å². The van der Waals surface area contributed by atoms with Crippen molar-refractivity contribution >= 4 is 17.7 Å². The summed E-state index contributed by atoms with van der Waals surface area (Å²) in [5.41, 5.74) is -0.973. The molecule has 1 saturated heterocycles. The molecular formula is C19H23F3N2O4. The zero-order chi connectivity index (χ0) is 20.6. The topological polar surface area (TPSA) is 78.9 Å². The lowest BCUT2D eigenvalue weighted by atomic mass is 9.80. The number of fused-ring (bicyclic) bond motifs is 2. The first-order chi connectivity index (χ1) is 13.1. The molecule has 2 bridgehead atoms. The van der Waals surface area contributed by atoms with Crippen molar-refractivity contribution in [2.45, 2.75) is 32.0 Å². The molecular weight excluding hydrogens is 377 g/mol. The SMILES string of the molecule is COC(=O)c1ccc(C(F)(F)F)c(N[C@@H](C)[C@H]2[C@@H]3CC[C@H]2CN(C(=O)O)C3)c1. The van der Waals surface area contributed by atoms with E-state index in [-0.39, 0.29) is 35.0 Å². The minimum absolute atomic E-state index is 0.0360. The van der Waals surface area contributed by atoms with Crippen LogP contribution in [0, 0.1) is 17.8 Å². The summed E-state index contributed by atoms with van der Waals surface area (Å²) in [5.74, 6) is -0.427. The predicted octanol–water partition coefficient (Wildman–Crippen LogP) is 3.93. The third kappa shape index (κ3) is 3.88. The van der Waals surface area contributed by atoms with E-state index in [1.54, 1.807) is 0 Å². The largest absolute Gasteiger partial charge is 0.465 e. The van der Waals surface area contributed by atoms with E-state index in [2.05, 4.69) is 10.1 Å². The number of benzene rings is 1. The van der Waals surface area contributed by atoms with Gasteiger partial charge in [-0.3, -0.25) is 0 Å². The number of hydrogen-bond acceptors (Lipinski definition) is 4. The van der Waals surface area contributed by atoms with Gasteiger partial charge in [-0.25, -0.2) is 9.59 Å². The van der Waals surface area contributed by atoms with Gasteiger partial charge >= 0.3 is 18.2 Å². The number of carboxylic acid groups (broad SMARTS) is 1. The Morgan fingerprint density at radius 3 is 2.36 bits per heavy atom. The van der Waals surface area contributed by atoms with Gasteiger partial charge in [0.15, 0.2) is 0 Å². The summed E-state index contributed by atoms with van der Waals surface area (Å²) < 4.78 is 44.9. The van der Waals surface area contributed by atoms with Gasteiger partial charge in [0, 0.05) is 24.8 Å². The van der Waals surface area contributed by atoms with Crippen LogP contribution < -0.4 is 5.32 Å². The third-order valence-electron chi connectivity index (χ3n) is 5.88. The summed E-state index contributed by atoms with van der Waals surface area (Å²) in [7, 11) is 1.17. The van der Waals surface area contributed by atoms with Crippen LogP contribution >= 0.6 is 0 Å². The van der Waals surface area contributed by atoms with E-state index < -0.39 is 23.8 Å². The number of nitrogens with one attached hydrogen (secondary N) is 1. The van der Waals surface area contributed by atoms with E-state index in [0.717, 1.165) is 25.0 Å². The molecule has 1 saturated carbocycles. The number of likely N-dealkylation sites (tertiary alicyclic amines) is 1. The van der Waals surface area contributed by atoms with Crippen molar-refractivity contribution in [2.24, 2.45) is 17.8 Å². The lowest BCUT2D eigenvalue weighted by molar-refractivity contribution is -0.137. The molecule has 0 aromatic heterocycles. The number of methoxy groups -OCH3 is 1. The number of amides is 1. The van der Waals surface area contributed by atoms with Crippen LogP contribution in [0.25, 0.3) is 0 Å². The van der Waals surface area contributed by atoms with Crippen molar-refractivity contribution in [1.82, 2.24) is 4.90 Å². The second-order valence-corrected chi connectivity index (χ2v) is 7.55. The van der Waals surface area contributed by atoms with Crippen LogP contribution in [0.5, 0.6) is 0 Å². The molecule has 2 fully saturated rings. The monoisotopic (exact) mass is 400 g/mol. The molecule has 154 valence electrons. The van der Waals surface area contributed by atoms with Gasteiger partial charge in [-0.2, -0.15) is 13.2 Å². The van der Waals surface area contributed by atoms with Crippen molar-refractivity contribution < 1.29 is 32.6 Å². The van der Waals surface area contributed by atoms with Crippen molar-refractivity contribution in [3.63, 3.8) is 0 Å². The molecule has 2 N–H and O–H groups in total. The number of nitrogens with zero attached hydrogens (tertiary/aromatic N) is 1. The highest BCUT2D eigenvalue weighted by atomic mass is 19.4. The molecule has 1 heterocycles. The molecule has 28 heavy (non-hydrogen) atoms. The van der Waals surface area contributed by atoms with E-state index in [1.807, 2.05) is 6.92 Å². The fraction of sp³-hybridized carbons (Fsp3) is 0.579. The highest BCUT2D eigenvalue weighted by Gasteiger charge is 2.46. The number of alkyl halides is 3. The second-order valence-electron chi connectivity index (χ2n) is 7.55. The normalized spacial score (nSPS) is 25.3. The van der Waals surface area contributed by atoms with E-state index in [4.69, 9.17) is 0 Å². The van der Waals surface area contributed by atoms with Gasteiger partial charge in [-0.1, -0.05) is 0 Å². The van der Waals surface area contributed by atoms with E-state index in [0.29, 0.717) is 13.1 Å². The molecule has 1 amide bonds. The zero-order valence-corrected chi connectivity index (χ0v) is 15.6. The molecule has 0 spiro atoms. The number of piperidine rings is 1. The molecule has 0 unspecified atom stereocenters. The maximum absolute atomic E-state index is 13.4. The summed E-state index contributed by atoms with van der Waals surface area (Å²) in [6.07, 6.45) is -3.80. The Morgan fingerprint density at radius 2 is 1.86 bits per heavy atom. The fourth-order valence-electron chi connectivity index (χ4n) is 4.73. The first-order valence-electron chi connectivity index (χ1n) is 9.15. The Hall–Kier alpha value is -2.45. The maximum Gasteiger partial charge on any atom is 0.418 e. The maximum atomic E-state index is 13.4. The molecule has 4 atom stereocenters. The van der Waals surface area contributed by atoms with Gasteiger partial charge in [0.25, 0.3) is 0 Å². The summed E-state index contributed by atoms with van der Waals surface area (Å²) in [6.45, 7) is 2.62. The third-order valence-corrected chi connectivity index (χ3v) is 5.88. The van der Waals surface area contributed by atoms with Crippen LogP contribution in [-0.4, -0.2) is 48.3 Å². The number of esters is 1. The first-order valence-corrected chi connectivity index (χ1v) is 9.15. The average molecular weight is 400 g/mol. The Balaban J connectivity index is 1.84. The van der Waals surface area contributed by atoms with Crippen LogP contribution in [0.4, 0.5) is 23.7 Å². The Kier molecular flexibility index (Phi) is 5.45. The number of halogens is 3. The van der Waals surface area contributed by atoms with Gasteiger partial charge in [-0.05, 0) is 55.7 Å². The minimum atomic E-state index is -4.57. The van der Waals surface area contributed by atoms with Crippen LogP contribution in [-0.2, 0) is 10.9 Å². The van der Waals surface area contributed by atoms with Gasteiger partial charge in [0.2, 0.25) is 0 Å². The summed E-state index contributed by atoms with van der Waals surface area (Å²) in [5, 5.41) is 12.2. The lowest BCUT2D eigenvalue weighted by Gasteiger charge is -2.40. The molecule has 1 aromatic carbocycles. The molecule has 1 aliphatic carbocycles. The van der Waals surface area contributed by atoms with Gasteiger partial charge < -0.3 is 20.1 Å². The molecule has 0 radical (unpaired) electrons. The molecule has 3 rings (SSSR count). The highest BCUT2D eigenvalue weighted by Crippen LogP contribution is 2.45. The number of hydrogen-bond donors (Lipinski definition) is 2. The van der Waals surface area contributed by atoms with Crippen molar-refractivity contribution in [1.29, 1.82) is 0 Å². The summed E-state index contributed by atoms with van der Waals surface area (Å²) >= 11 is 0. The average Bonchev–Trinajstić information content (AvgIpc) is 2.89. The zero-order valence-electron chi connectivity index (χ0n) is 15.6. The Morgan fingerprint density at radius 1 is 1.25 bits per heavy atom. The quantitative estimate of drug-likeness (QED) is 0.749. The van der Waals surface area contributed by atoms with E-state index in [1.165, 1.54) is 18.1 Å². The number of rotatable bonds is 4. The first kappa shape index (κ1) is 20.3.